The quantitative estimate of drug-likeness (QED) is 0.880. The van der Waals surface area contributed by atoms with E-state index in [0.717, 1.165) is 12.0 Å². The third-order valence-corrected chi connectivity index (χ3v) is 4.61. The van der Waals surface area contributed by atoms with E-state index in [1.54, 1.807) is 0 Å². The van der Waals surface area contributed by atoms with Crippen LogP contribution in [0.3, 0.4) is 0 Å². The third-order valence-electron chi connectivity index (χ3n) is 3.94. The Hall–Kier alpha value is -2.04. The highest BCUT2D eigenvalue weighted by atomic mass is 35.5. The van der Waals surface area contributed by atoms with Crippen molar-refractivity contribution in [3.05, 3.63) is 63.6 Å². The molecule has 3 N–H and O–H groups in total. The van der Waals surface area contributed by atoms with Gasteiger partial charge in [-0.3, -0.25) is 9.59 Å². The topological polar surface area (TPSA) is 72.2 Å². The van der Waals surface area contributed by atoms with E-state index < -0.39 is 5.91 Å². The van der Waals surface area contributed by atoms with E-state index in [2.05, 4.69) is 5.32 Å². The number of rotatable bonds is 4. The lowest BCUT2D eigenvalue weighted by Gasteiger charge is -2.09. The fraction of sp³-hybridized carbons (Fsp3) is 0.176. The summed E-state index contributed by atoms with van der Waals surface area (Å²) < 4.78 is 0. The molecule has 0 bridgehead atoms. The summed E-state index contributed by atoms with van der Waals surface area (Å²) in [5.74, 6) is -0.749. The predicted molar refractivity (Wildman–Crippen MR) is 90.9 cm³/mol. The second-order valence-corrected chi connectivity index (χ2v) is 6.33. The lowest BCUT2D eigenvalue weighted by Crippen LogP contribution is -2.16. The first-order chi connectivity index (χ1) is 11.0. The number of anilines is 1. The molecule has 0 aromatic heterocycles. The molecule has 4 nitrogen and oxygen atoms in total. The van der Waals surface area contributed by atoms with Crippen LogP contribution < -0.4 is 11.1 Å². The van der Waals surface area contributed by atoms with Crippen molar-refractivity contribution in [2.75, 3.05) is 5.32 Å². The molecule has 6 heteroatoms. The van der Waals surface area contributed by atoms with E-state index in [1.807, 2.05) is 24.3 Å². The highest BCUT2D eigenvalue weighted by molar-refractivity contribution is 6.34. The van der Waals surface area contributed by atoms with Crippen LogP contribution in [0.4, 0.5) is 5.69 Å². The van der Waals surface area contributed by atoms with Gasteiger partial charge in [-0.05, 0) is 42.2 Å². The van der Waals surface area contributed by atoms with Crippen molar-refractivity contribution >= 4 is 40.7 Å². The van der Waals surface area contributed by atoms with Gasteiger partial charge in [-0.1, -0.05) is 41.4 Å². The second kappa shape index (κ2) is 6.22. The van der Waals surface area contributed by atoms with Gasteiger partial charge in [-0.25, -0.2) is 0 Å². The van der Waals surface area contributed by atoms with E-state index in [0.29, 0.717) is 21.3 Å². The molecule has 0 radical (unpaired) electrons. The van der Waals surface area contributed by atoms with Crippen molar-refractivity contribution in [3.63, 3.8) is 0 Å². The van der Waals surface area contributed by atoms with E-state index in [9.17, 15) is 9.59 Å². The number of nitrogens with one attached hydrogen (secondary N) is 1. The average molecular weight is 349 g/mol. The fourth-order valence-electron chi connectivity index (χ4n) is 2.60. The molecule has 2 atom stereocenters. The summed E-state index contributed by atoms with van der Waals surface area (Å²) in [7, 11) is 0. The number of carbonyl (C=O) groups excluding carboxylic acids is 2. The molecule has 2 amide bonds. The number of hydrogen-bond acceptors (Lipinski definition) is 2. The van der Waals surface area contributed by atoms with Gasteiger partial charge in [-0.2, -0.15) is 0 Å². The zero-order valence-corrected chi connectivity index (χ0v) is 13.6. The summed E-state index contributed by atoms with van der Waals surface area (Å²) in [5, 5.41) is 3.79. The highest BCUT2D eigenvalue weighted by Crippen LogP contribution is 2.50. The maximum Gasteiger partial charge on any atom is 0.248 e. The molecule has 3 rings (SSSR count). The van der Waals surface area contributed by atoms with Gasteiger partial charge in [-0.15, -0.1) is 0 Å². The smallest absolute Gasteiger partial charge is 0.248 e. The van der Waals surface area contributed by atoms with Gasteiger partial charge in [0, 0.05) is 16.5 Å². The number of carbonyl (C=O) groups is 2. The van der Waals surface area contributed by atoms with Crippen molar-refractivity contribution in [1.29, 1.82) is 0 Å². The molecule has 1 saturated carbocycles. The van der Waals surface area contributed by atoms with Crippen LogP contribution in [0.25, 0.3) is 0 Å². The zero-order chi connectivity index (χ0) is 16.6. The highest BCUT2D eigenvalue weighted by Gasteiger charge is 2.44. The lowest BCUT2D eigenvalue weighted by molar-refractivity contribution is -0.117. The number of hydrogen-bond donors (Lipinski definition) is 2. The van der Waals surface area contributed by atoms with Gasteiger partial charge >= 0.3 is 0 Å². The lowest BCUT2D eigenvalue weighted by atomic mass is 10.1. The molecule has 0 unspecified atom stereocenters. The van der Waals surface area contributed by atoms with Crippen LogP contribution >= 0.6 is 23.2 Å². The molecule has 0 spiro atoms. The molecule has 1 aliphatic carbocycles. The van der Waals surface area contributed by atoms with Crippen LogP contribution in [0.2, 0.25) is 10.0 Å². The largest absolute Gasteiger partial charge is 0.366 e. The molecule has 1 fully saturated rings. The number of amides is 2. The van der Waals surface area contributed by atoms with Crippen molar-refractivity contribution in [2.45, 2.75) is 12.3 Å². The summed E-state index contributed by atoms with van der Waals surface area (Å²) in [5.41, 5.74) is 6.90. The van der Waals surface area contributed by atoms with Gasteiger partial charge in [0.15, 0.2) is 0 Å². The Kier molecular flexibility index (Phi) is 4.28. The van der Waals surface area contributed by atoms with E-state index in [-0.39, 0.29) is 17.7 Å². The molecule has 2 aromatic rings. The summed E-state index contributed by atoms with van der Waals surface area (Å²) in [6, 6.07) is 12.0. The molecule has 0 aliphatic heterocycles. The molecule has 0 heterocycles. The summed E-state index contributed by atoms with van der Waals surface area (Å²) >= 11 is 12.2. The average Bonchev–Trinajstić information content (AvgIpc) is 3.30. The van der Waals surface area contributed by atoms with Crippen molar-refractivity contribution in [3.8, 4) is 0 Å². The Morgan fingerprint density at radius 1 is 1.09 bits per heavy atom. The Morgan fingerprint density at radius 2 is 1.83 bits per heavy atom. The van der Waals surface area contributed by atoms with E-state index in [1.165, 1.54) is 18.2 Å². The first-order valence-corrected chi connectivity index (χ1v) is 7.87. The van der Waals surface area contributed by atoms with Crippen molar-refractivity contribution in [2.24, 2.45) is 11.7 Å². The van der Waals surface area contributed by atoms with Crippen LogP contribution in [0.5, 0.6) is 0 Å². The Balaban J connectivity index is 1.73. The summed E-state index contributed by atoms with van der Waals surface area (Å²) in [4.78, 5) is 23.6. The minimum atomic E-state index is -0.572. The maximum absolute atomic E-state index is 12.4. The van der Waals surface area contributed by atoms with Crippen molar-refractivity contribution in [1.82, 2.24) is 0 Å². The number of nitrogens with two attached hydrogens (primary N) is 1. The van der Waals surface area contributed by atoms with E-state index in [4.69, 9.17) is 28.9 Å². The molecular weight excluding hydrogens is 335 g/mol. The van der Waals surface area contributed by atoms with Crippen LogP contribution in [0, 0.1) is 5.92 Å². The molecule has 2 aromatic carbocycles. The Bertz CT molecular complexity index is 792. The summed E-state index contributed by atoms with van der Waals surface area (Å²) in [6.07, 6.45) is 0.739. The standard InChI is InChI=1S/C17H14Cl2N2O2/c18-13-4-2-1-3-10(13)11-8-12(11)17(23)21-15-7-9(16(20)22)5-6-14(15)19/h1-7,11-12H,8H2,(H2,20,22)(H,21,23)/t11-,12+/m1/s1. The molecule has 0 saturated heterocycles. The van der Waals surface area contributed by atoms with Crippen LogP contribution in [0.15, 0.2) is 42.5 Å². The van der Waals surface area contributed by atoms with Crippen molar-refractivity contribution < 1.29 is 9.59 Å². The summed E-state index contributed by atoms with van der Waals surface area (Å²) in [6.45, 7) is 0. The predicted octanol–water partition coefficient (Wildman–Crippen LogP) is 3.83. The number of primary amides is 1. The van der Waals surface area contributed by atoms with Gasteiger partial charge in [0.05, 0.1) is 10.7 Å². The minimum absolute atomic E-state index is 0.113. The van der Waals surface area contributed by atoms with Gasteiger partial charge in [0.2, 0.25) is 11.8 Å². The molecular formula is C17H14Cl2N2O2. The molecule has 23 heavy (non-hydrogen) atoms. The number of halogens is 2. The molecule has 1 aliphatic rings. The SMILES string of the molecule is NC(=O)c1ccc(Cl)c(NC(=O)[C@H]2C[C@@H]2c2ccccc2Cl)c1. The Labute approximate surface area is 143 Å². The molecule has 118 valence electrons. The Morgan fingerprint density at radius 3 is 2.52 bits per heavy atom. The second-order valence-electron chi connectivity index (χ2n) is 5.52. The normalized spacial score (nSPS) is 19.2. The van der Waals surface area contributed by atoms with Crippen LogP contribution in [-0.4, -0.2) is 11.8 Å². The first-order valence-electron chi connectivity index (χ1n) is 7.12. The maximum atomic E-state index is 12.4. The van der Waals surface area contributed by atoms with Crippen LogP contribution in [0.1, 0.15) is 28.3 Å². The minimum Gasteiger partial charge on any atom is -0.366 e. The van der Waals surface area contributed by atoms with Gasteiger partial charge in [0.25, 0.3) is 0 Å². The van der Waals surface area contributed by atoms with Gasteiger partial charge < -0.3 is 11.1 Å². The monoisotopic (exact) mass is 348 g/mol. The van der Waals surface area contributed by atoms with Gasteiger partial charge in [0.1, 0.15) is 0 Å². The zero-order valence-electron chi connectivity index (χ0n) is 12.1. The number of benzene rings is 2. The van der Waals surface area contributed by atoms with Crippen LogP contribution in [-0.2, 0) is 4.79 Å². The fourth-order valence-corrected chi connectivity index (χ4v) is 3.04. The third kappa shape index (κ3) is 3.33. The van der Waals surface area contributed by atoms with E-state index >= 15 is 0 Å². The first kappa shape index (κ1) is 15.8.